The summed E-state index contributed by atoms with van der Waals surface area (Å²) < 4.78 is 0. The molecule has 0 spiro atoms. The van der Waals surface area contributed by atoms with E-state index in [1.165, 1.54) is 11.3 Å². The maximum Gasteiger partial charge on any atom is 0.0476 e. The molecule has 3 nitrogen and oxygen atoms in total. The highest BCUT2D eigenvalue weighted by atomic mass is 16.3. The minimum absolute atomic E-state index is 0.307. The molecule has 1 heterocycles. The second kappa shape index (κ2) is 6.21. The summed E-state index contributed by atoms with van der Waals surface area (Å²) in [7, 11) is 0. The van der Waals surface area contributed by atoms with Crippen LogP contribution < -0.4 is 10.2 Å². The average molecular weight is 248 g/mol. The van der Waals surface area contributed by atoms with Crippen LogP contribution in [-0.2, 0) is 0 Å². The Kier molecular flexibility index (Phi) is 4.61. The number of rotatable bonds is 5. The Morgan fingerprint density at radius 3 is 2.89 bits per heavy atom. The third-order valence-corrected chi connectivity index (χ3v) is 3.80. The van der Waals surface area contributed by atoms with Crippen molar-refractivity contribution in [3.63, 3.8) is 0 Å². The van der Waals surface area contributed by atoms with E-state index >= 15 is 0 Å². The number of nitrogens with one attached hydrogen (secondary N) is 1. The molecular weight excluding hydrogens is 224 g/mol. The maximum absolute atomic E-state index is 9.25. The van der Waals surface area contributed by atoms with E-state index in [1.54, 1.807) is 0 Å². The lowest BCUT2D eigenvalue weighted by molar-refractivity contribution is 0.238. The summed E-state index contributed by atoms with van der Waals surface area (Å²) in [6.45, 7) is 7.67. The highest BCUT2D eigenvalue weighted by molar-refractivity contribution is 5.55. The zero-order valence-electron chi connectivity index (χ0n) is 11.4. The lowest BCUT2D eigenvalue weighted by Crippen LogP contribution is -2.25. The highest BCUT2D eigenvalue weighted by Crippen LogP contribution is 2.30. The van der Waals surface area contributed by atoms with Crippen molar-refractivity contribution in [1.29, 1.82) is 0 Å². The normalized spacial score (nSPS) is 21.3. The highest BCUT2D eigenvalue weighted by Gasteiger charge is 2.24. The van der Waals surface area contributed by atoms with Crippen LogP contribution in [0.1, 0.15) is 31.9 Å². The molecule has 0 aliphatic carbocycles. The van der Waals surface area contributed by atoms with Crippen LogP contribution in [0, 0.1) is 5.92 Å². The summed E-state index contributed by atoms with van der Waals surface area (Å²) in [5.74, 6) is 0.437. The molecule has 2 unspecified atom stereocenters. The Morgan fingerprint density at radius 2 is 2.22 bits per heavy atom. The molecule has 1 saturated heterocycles. The summed E-state index contributed by atoms with van der Waals surface area (Å²) in [6, 6.07) is 8.98. The minimum atomic E-state index is 0.307. The van der Waals surface area contributed by atoms with Crippen molar-refractivity contribution in [1.82, 2.24) is 5.32 Å². The van der Waals surface area contributed by atoms with Crippen LogP contribution in [0.3, 0.4) is 0 Å². The van der Waals surface area contributed by atoms with Crippen LogP contribution in [0.25, 0.3) is 0 Å². The molecule has 1 aliphatic rings. The average Bonchev–Trinajstić information content (AvgIpc) is 2.87. The topological polar surface area (TPSA) is 35.5 Å². The first-order valence-electron chi connectivity index (χ1n) is 6.94. The van der Waals surface area contributed by atoms with Crippen molar-refractivity contribution in [2.45, 2.75) is 26.3 Å². The van der Waals surface area contributed by atoms with Gasteiger partial charge < -0.3 is 15.3 Å². The van der Waals surface area contributed by atoms with Gasteiger partial charge in [-0.25, -0.2) is 0 Å². The number of aliphatic hydroxyl groups is 1. The van der Waals surface area contributed by atoms with Gasteiger partial charge in [-0.05, 0) is 31.5 Å². The minimum Gasteiger partial charge on any atom is -0.396 e. The van der Waals surface area contributed by atoms with Crippen molar-refractivity contribution in [2.24, 2.45) is 5.92 Å². The SMILES string of the molecule is CCNC(C)c1ccccc1N1CCC(CO)C1. The fourth-order valence-corrected chi connectivity index (χ4v) is 2.76. The summed E-state index contributed by atoms with van der Waals surface area (Å²) in [5.41, 5.74) is 2.68. The Hall–Kier alpha value is -1.06. The van der Waals surface area contributed by atoms with E-state index in [9.17, 15) is 5.11 Å². The standard InChI is InChI=1S/C15H24N2O/c1-3-16-12(2)14-6-4-5-7-15(14)17-9-8-13(10-17)11-18/h4-7,12-13,16,18H,3,8-11H2,1-2H3. The number of nitrogens with zero attached hydrogens (tertiary/aromatic N) is 1. The van der Waals surface area contributed by atoms with E-state index in [-0.39, 0.29) is 0 Å². The van der Waals surface area contributed by atoms with E-state index in [2.05, 4.69) is 48.3 Å². The zero-order valence-corrected chi connectivity index (χ0v) is 11.4. The van der Waals surface area contributed by atoms with Gasteiger partial charge in [0.1, 0.15) is 0 Å². The second-order valence-corrected chi connectivity index (χ2v) is 5.12. The molecule has 100 valence electrons. The predicted octanol–water partition coefficient (Wildman–Crippen LogP) is 2.18. The molecule has 0 radical (unpaired) electrons. The van der Waals surface area contributed by atoms with Gasteiger partial charge in [-0.1, -0.05) is 25.1 Å². The quantitative estimate of drug-likeness (QED) is 0.838. The molecule has 2 atom stereocenters. The molecule has 1 fully saturated rings. The van der Waals surface area contributed by atoms with Gasteiger partial charge in [0.05, 0.1) is 0 Å². The second-order valence-electron chi connectivity index (χ2n) is 5.12. The molecule has 2 N–H and O–H groups in total. The van der Waals surface area contributed by atoms with Gasteiger partial charge in [-0.15, -0.1) is 0 Å². The summed E-state index contributed by atoms with van der Waals surface area (Å²) in [6.07, 6.45) is 1.10. The number of aliphatic hydroxyl groups excluding tert-OH is 1. The van der Waals surface area contributed by atoms with Crippen molar-refractivity contribution >= 4 is 5.69 Å². The van der Waals surface area contributed by atoms with E-state index in [0.717, 1.165) is 26.1 Å². The molecule has 18 heavy (non-hydrogen) atoms. The van der Waals surface area contributed by atoms with Gasteiger partial charge in [0.25, 0.3) is 0 Å². The Balaban J connectivity index is 2.17. The monoisotopic (exact) mass is 248 g/mol. The van der Waals surface area contributed by atoms with Gasteiger partial charge in [-0.3, -0.25) is 0 Å². The molecule has 0 bridgehead atoms. The van der Waals surface area contributed by atoms with Gasteiger partial charge in [0, 0.05) is 37.3 Å². The molecule has 1 aromatic carbocycles. The largest absolute Gasteiger partial charge is 0.396 e. The van der Waals surface area contributed by atoms with Gasteiger partial charge in [0.15, 0.2) is 0 Å². The first kappa shape index (κ1) is 13.4. The van der Waals surface area contributed by atoms with E-state index in [0.29, 0.717) is 18.6 Å². The van der Waals surface area contributed by atoms with Crippen LogP contribution >= 0.6 is 0 Å². The van der Waals surface area contributed by atoms with Crippen molar-refractivity contribution in [2.75, 3.05) is 31.1 Å². The van der Waals surface area contributed by atoms with Gasteiger partial charge in [0.2, 0.25) is 0 Å². The molecule has 3 heteroatoms. The van der Waals surface area contributed by atoms with Gasteiger partial charge >= 0.3 is 0 Å². The predicted molar refractivity (Wildman–Crippen MR) is 75.9 cm³/mol. The third kappa shape index (κ3) is 2.85. The van der Waals surface area contributed by atoms with E-state index in [4.69, 9.17) is 0 Å². The molecule has 0 amide bonds. The Labute approximate surface area is 110 Å². The van der Waals surface area contributed by atoms with Crippen LogP contribution in [0.15, 0.2) is 24.3 Å². The number of para-hydroxylation sites is 1. The number of hydrogen-bond donors (Lipinski definition) is 2. The van der Waals surface area contributed by atoms with Crippen molar-refractivity contribution < 1.29 is 5.11 Å². The first-order valence-corrected chi connectivity index (χ1v) is 6.94. The van der Waals surface area contributed by atoms with Crippen LogP contribution in [0.5, 0.6) is 0 Å². The number of anilines is 1. The molecule has 0 saturated carbocycles. The third-order valence-electron chi connectivity index (χ3n) is 3.80. The molecular formula is C15H24N2O. The van der Waals surface area contributed by atoms with E-state index in [1.807, 2.05) is 0 Å². The fraction of sp³-hybridized carbons (Fsp3) is 0.600. The van der Waals surface area contributed by atoms with E-state index < -0.39 is 0 Å². The number of benzene rings is 1. The first-order chi connectivity index (χ1) is 8.76. The number of hydrogen-bond acceptors (Lipinski definition) is 3. The molecule has 1 aliphatic heterocycles. The maximum atomic E-state index is 9.25. The van der Waals surface area contributed by atoms with Crippen LogP contribution in [0.4, 0.5) is 5.69 Å². The lowest BCUT2D eigenvalue weighted by Gasteiger charge is -2.25. The summed E-state index contributed by atoms with van der Waals surface area (Å²) in [5, 5.41) is 12.7. The Morgan fingerprint density at radius 1 is 1.44 bits per heavy atom. The Bertz CT molecular complexity index is 381. The summed E-state index contributed by atoms with van der Waals surface area (Å²) in [4.78, 5) is 2.41. The molecule has 0 aromatic heterocycles. The fourth-order valence-electron chi connectivity index (χ4n) is 2.76. The van der Waals surface area contributed by atoms with Gasteiger partial charge in [-0.2, -0.15) is 0 Å². The zero-order chi connectivity index (χ0) is 13.0. The smallest absolute Gasteiger partial charge is 0.0476 e. The molecule has 1 aromatic rings. The lowest BCUT2D eigenvalue weighted by atomic mass is 10.1. The van der Waals surface area contributed by atoms with Crippen molar-refractivity contribution in [3.8, 4) is 0 Å². The van der Waals surface area contributed by atoms with Crippen LogP contribution in [0.2, 0.25) is 0 Å². The molecule has 2 rings (SSSR count). The van der Waals surface area contributed by atoms with Crippen LogP contribution in [-0.4, -0.2) is 31.3 Å². The summed E-state index contributed by atoms with van der Waals surface area (Å²) >= 11 is 0. The van der Waals surface area contributed by atoms with Crippen molar-refractivity contribution in [3.05, 3.63) is 29.8 Å².